The van der Waals surface area contributed by atoms with Crippen molar-refractivity contribution in [3.8, 4) is 0 Å². The average molecular weight is 183 g/mol. The summed E-state index contributed by atoms with van der Waals surface area (Å²) in [5.41, 5.74) is 5.57. The second kappa shape index (κ2) is 4.61. The van der Waals surface area contributed by atoms with E-state index in [4.69, 9.17) is 10.5 Å². The first kappa shape index (κ1) is 9.73. The van der Waals surface area contributed by atoms with Crippen LogP contribution in [0.1, 0.15) is 16.9 Å². The molecule has 0 radical (unpaired) electrons. The van der Waals surface area contributed by atoms with Crippen molar-refractivity contribution in [1.82, 2.24) is 9.78 Å². The molecule has 0 bridgehead atoms. The Morgan fingerprint density at radius 2 is 2.54 bits per heavy atom. The lowest BCUT2D eigenvalue weighted by molar-refractivity contribution is 0.0988. The van der Waals surface area contributed by atoms with Crippen molar-refractivity contribution >= 4 is 5.91 Å². The van der Waals surface area contributed by atoms with Crippen LogP contribution >= 0.6 is 0 Å². The molecule has 0 aliphatic heterocycles. The predicted octanol–water partition coefficient (Wildman–Crippen LogP) is 0.0185. The summed E-state index contributed by atoms with van der Waals surface area (Å²) in [7, 11) is 1.64. The molecule has 1 rings (SSSR count). The summed E-state index contributed by atoms with van der Waals surface area (Å²) in [4.78, 5) is 10.8. The van der Waals surface area contributed by atoms with E-state index in [1.165, 1.54) is 0 Å². The third kappa shape index (κ3) is 2.55. The minimum Gasteiger partial charge on any atom is -0.385 e. The van der Waals surface area contributed by atoms with E-state index in [2.05, 4.69) is 5.10 Å². The van der Waals surface area contributed by atoms with Gasteiger partial charge in [-0.2, -0.15) is 5.10 Å². The first-order valence-electron chi connectivity index (χ1n) is 4.06. The number of methoxy groups -OCH3 is 1. The zero-order valence-corrected chi connectivity index (χ0v) is 7.56. The van der Waals surface area contributed by atoms with Crippen molar-refractivity contribution in [2.45, 2.75) is 13.0 Å². The molecule has 0 fully saturated rings. The molecule has 13 heavy (non-hydrogen) atoms. The van der Waals surface area contributed by atoms with Gasteiger partial charge in [-0.25, -0.2) is 0 Å². The fourth-order valence-electron chi connectivity index (χ4n) is 1.08. The number of ether oxygens (including phenoxy) is 1. The molecular weight excluding hydrogens is 170 g/mol. The van der Waals surface area contributed by atoms with Gasteiger partial charge in [0.15, 0.2) is 0 Å². The quantitative estimate of drug-likeness (QED) is 0.654. The Kier molecular flexibility index (Phi) is 3.45. The summed E-state index contributed by atoms with van der Waals surface area (Å²) in [6.45, 7) is 1.30. The molecule has 0 aliphatic carbocycles. The van der Waals surface area contributed by atoms with E-state index in [1.54, 1.807) is 24.1 Å². The molecule has 0 saturated carbocycles. The molecule has 5 nitrogen and oxygen atoms in total. The van der Waals surface area contributed by atoms with Crippen LogP contribution in [0.25, 0.3) is 0 Å². The van der Waals surface area contributed by atoms with Crippen molar-refractivity contribution in [2.75, 3.05) is 13.7 Å². The lowest BCUT2D eigenvalue weighted by Gasteiger charge is -2.03. The van der Waals surface area contributed by atoms with Gasteiger partial charge in [0, 0.05) is 26.5 Å². The maximum atomic E-state index is 10.8. The number of amides is 1. The lowest BCUT2D eigenvalue weighted by atomic mass is 10.4. The third-order valence-corrected chi connectivity index (χ3v) is 1.69. The summed E-state index contributed by atoms with van der Waals surface area (Å²) < 4.78 is 6.47. The van der Waals surface area contributed by atoms with Crippen molar-refractivity contribution < 1.29 is 9.53 Å². The summed E-state index contributed by atoms with van der Waals surface area (Å²) >= 11 is 0. The number of carbonyl (C=O) groups is 1. The van der Waals surface area contributed by atoms with E-state index in [1.807, 2.05) is 0 Å². The Morgan fingerprint density at radius 1 is 1.77 bits per heavy atom. The Labute approximate surface area is 76.5 Å². The summed E-state index contributed by atoms with van der Waals surface area (Å²) in [6, 6.07) is 1.61. The molecule has 5 heteroatoms. The first-order chi connectivity index (χ1) is 6.25. The summed E-state index contributed by atoms with van der Waals surface area (Å²) in [5.74, 6) is -0.449. The van der Waals surface area contributed by atoms with E-state index >= 15 is 0 Å². The minimum atomic E-state index is -0.449. The molecule has 1 aromatic rings. The van der Waals surface area contributed by atoms with Crippen LogP contribution in [0.15, 0.2) is 12.3 Å². The standard InChI is InChI=1S/C8H13N3O2/c1-13-6-2-5-11-7(8(9)12)3-4-10-11/h3-4H,2,5-6H2,1H3,(H2,9,12). The summed E-state index contributed by atoms with van der Waals surface area (Å²) in [5, 5.41) is 3.97. The topological polar surface area (TPSA) is 70.1 Å². The van der Waals surface area contributed by atoms with Gasteiger partial charge in [0.2, 0.25) is 0 Å². The number of carbonyl (C=O) groups excluding carboxylic acids is 1. The monoisotopic (exact) mass is 183 g/mol. The molecule has 0 aromatic carbocycles. The van der Waals surface area contributed by atoms with Gasteiger partial charge in [-0.15, -0.1) is 0 Å². The van der Waals surface area contributed by atoms with E-state index in [0.29, 0.717) is 18.8 Å². The van der Waals surface area contributed by atoms with Gasteiger partial charge in [0.1, 0.15) is 5.69 Å². The van der Waals surface area contributed by atoms with Gasteiger partial charge < -0.3 is 10.5 Å². The number of hydrogen-bond acceptors (Lipinski definition) is 3. The van der Waals surface area contributed by atoms with Crippen LogP contribution in [0.3, 0.4) is 0 Å². The van der Waals surface area contributed by atoms with Crippen LogP contribution in [-0.4, -0.2) is 29.4 Å². The van der Waals surface area contributed by atoms with E-state index < -0.39 is 5.91 Å². The molecule has 1 aromatic heterocycles. The fraction of sp³-hybridized carbons (Fsp3) is 0.500. The zero-order chi connectivity index (χ0) is 9.68. The second-order valence-corrected chi connectivity index (χ2v) is 2.65. The largest absolute Gasteiger partial charge is 0.385 e. The van der Waals surface area contributed by atoms with Crippen LogP contribution in [0, 0.1) is 0 Å². The number of rotatable bonds is 5. The van der Waals surface area contributed by atoms with Crippen LogP contribution in [-0.2, 0) is 11.3 Å². The number of aromatic nitrogens is 2. The molecule has 2 N–H and O–H groups in total. The van der Waals surface area contributed by atoms with Gasteiger partial charge in [-0.3, -0.25) is 9.48 Å². The van der Waals surface area contributed by atoms with Gasteiger partial charge in [0.25, 0.3) is 5.91 Å². The Hall–Kier alpha value is -1.36. The summed E-state index contributed by atoms with van der Waals surface area (Å²) in [6.07, 6.45) is 2.38. The molecule has 0 aliphatic rings. The number of nitrogens with zero attached hydrogens (tertiary/aromatic N) is 2. The Balaban J connectivity index is 2.55. The van der Waals surface area contributed by atoms with E-state index in [9.17, 15) is 4.79 Å². The SMILES string of the molecule is COCCCn1nccc1C(N)=O. The van der Waals surface area contributed by atoms with Gasteiger partial charge in [-0.1, -0.05) is 0 Å². The van der Waals surface area contributed by atoms with E-state index in [0.717, 1.165) is 6.42 Å². The third-order valence-electron chi connectivity index (χ3n) is 1.69. The first-order valence-corrected chi connectivity index (χ1v) is 4.06. The van der Waals surface area contributed by atoms with Crippen molar-refractivity contribution in [3.63, 3.8) is 0 Å². The molecular formula is C8H13N3O2. The van der Waals surface area contributed by atoms with Gasteiger partial charge >= 0.3 is 0 Å². The molecule has 72 valence electrons. The minimum absolute atomic E-state index is 0.441. The predicted molar refractivity (Wildman–Crippen MR) is 47.2 cm³/mol. The number of primary amides is 1. The normalized spacial score (nSPS) is 10.2. The maximum Gasteiger partial charge on any atom is 0.266 e. The molecule has 1 amide bonds. The highest BCUT2D eigenvalue weighted by atomic mass is 16.5. The molecule has 0 spiro atoms. The van der Waals surface area contributed by atoms with Gasteiger partial charge in [0.05, 0.1) is 0 Å². The Bertz CT molecular complexity index is 283. The highest BCUT2D eigenvalue weighted by molar-refractivity contribution is 5.90. The molecule has 0 saturated heterocycles. The Morgan fingerprint density at radius 3 is 3.15 bits per heavy atom. The molecule has 1 heterocycles. The van der Waals surface area contributed by atoms with Crippen LogP contribution in [0.4, 0.5) is 0 Å². The smallest absolute Gasteiger partial charge is 0.266 e. The average Bonchev–Trinajstić information content (AvgIpc) is 2.53. The zero-order valence-electron chi connectivity index (χ0n) is 7.56. The highest BCUT2D eigenvalue weighted by Gasteiger charge is 2.06. The van der Waals surface area contributed by atoms with Crippen LogP contribution in [0.2, 0.25) is 0 Å². The maximum absolute atomic E-state index is 10.8. The van der Waals surface area contributed by atoms with Crippen molar-refractivity contribution in [3.05, 3.63) is 18.0 Å². The second-order valence-electron chi connectivity index (χ2n) is 2.65. The highest BCUT2D eigenvalue weighted by Crippen LogP contribution is 1.98. The number of nitrogens with two attached hydrogens (primary N) is 1. The van der Waals surface area contributed by atoms with Crippen LogP contribution in [0.5, 0.6) is 0 Å². The van der Waals surface area contributed by atoms with E-state index in [-0.39, 0.29) is 0 Å². The van der Waals surface area contributed by atoms with Crippen molar-refractivity contribution in [2.24, 2.45) is 5.73 Å². The fourth-order valence-corrected chi connectivity index (χ4v) is 1.08. The van der Waals surface area contributed by atoms with Crippen molar-refractivity contribution in [1.29, 1.82) is 0 Å². The molecule has 0 unspecified atom stereocenters. The molecule has 0 atom stereocenters. The number of hydrogen-bond donors (Lipinski definition) is 1. The van der Waals surface area contributed by atoms with Gasteiger partial charge in [-0.05, 0) is 12.5 Å². The number of aryl methyl sites for hydroxylation is 1. The lowest BCUT2D eigenvalue weighted by Crippen LogP contribution is -2.18. The van der Waals surface area contributed by atoms with Crippen LogP contribution < -0.4 is 5.73 Å².